The lowest BCUT2D eigenvalue weighted by molar-refractivity contribution is -0.116. The van der Waals surface area contributed by atoms with Gasteiger partial charge in [0.1, 0.15) is 11.3 Å². The van der Waals surface area contributed by atoms with Crippen molar-refractivity contribution in [1.82, 2.24) is 4.90 Å². The maximum Gasteiger partial charge on any atom is 0.341 e. The number of hydrogen-bond donors (Lipinski definition) is 2. The van der Waals surface area contributed by atoms with E-state index in [2.05, 4.69) is 31.0 Å². The molecule has 1 aromatic rings. The zero-order valence-electron chi connectivity index (χ0n) is 16.6. The number of hydrogen-bond acceptors (Lipinski definition) is 5. The van der Waals surface area contributed by atoms with E-state index in [9.17, 15) is 14.7 Å². The van der Waals surface area contributed by atoms with Crippen LogP contribution in [0.15, 0.2) is 18.2 Å². The molecule has 0 aliphatic carbocycles. The summed E-state index contributed by atoms with van der Waals surface area (Å²) in [6, 6.07) is 4.45. The molecule has 1 aromatic carbocycles. The van der Waals surface area contributed by atoms with E-state index < -0.39 is 5.97 Å². The maximum absolute atomic E-state index is 12.0. The van der Waals surface area contributed by atoms with Gasteiger partial charge < -0.3 is 20.1 Å². The summed E-state index contributed by atoms with van der Waals surface area (Å²) >= 11 is 0. The van der Waals surface area contributed by atoms with Crippen LogP contribution in [0.1, 0.15) is 63.2 Å². The van der Waals surface area contributed by atoms with Crippen LogP contribution in [-0.2, 0) is 9.53 Å². The SMILES string of the molecule is CCCCCCOC(=O)c1ccc(NC(=O)CCN(CC)CC)cc1O.Cl. The van der Waals surface area contributed by atoms with Gasteiger partial charge in [0.2, 0.25) is 5.91 Å². The summed E-state index contributed by atoms with van der Waals surface area (Å²) in [5.41, 5.74) is 0.577. The van der Waals surface area contributed by atoms with Gasteiger partial charge in [-0.3, -0.25) is 4.79 Å². The summed E-state index contributed by atoms with van der Waals surface area (Å²) in [6.07, 6.45) is 4.46. The minimum Gasteiger partial charge on any atom is -0.507 e. The Labute approximate surface area is 168 Å². The Morgan fingerprint density at radius 1 is 1.11 bits per heavy atom. The first-order valence-corrected chi connectivity index (χ1v) is 9.54. The number of phenolic OH excluding ortho intramolecular Hbond substituents is 1. The van der Waals surface area contributed by atoms with Crippen LogP contribution in [0.2, 0.25) is 0 Å². The second-order valence-electron chi connectivity index (χ2n) is 6.25. The zero-order valence-corrected chi connectivity index (χ0v) is 17.4. The quantitative estimate of drug-likeness (QED) is 0.405. The molecule has 1 rings (SSSR count). The second-order valence-corrected chi connectivity index (χ2v) is 6.25. The van der Waals surface area contributed by atoms with Gasteiger partial charge in [-0.1, -0.05) is 40.0 Å². The van der Waals surface area contributed by atoms with E-state index in [1.807, 2.05) is 0 Å². The van der Waals surface area contributed by atoms with E-state index in [1.165, 1.54) is 12.1 Å². The fraction of sp³-hybridized carbons (Fsp3) is 0.600. The molecule has 0 unspecified atom stereocenters. The minimum absolute atomic E-state index is 0. The Hall–Kier alpha value is -1.79. The Balaban J connectivity index is 0.00000676. The van der Waals surface area contributed by atoms with Crippen LogP contribution in [0.3, 0.4) is 0 Å². The number of amides is 1. The summed E-state index contributed by atoms with van der Waals surface area (Å²) in [6.45, 7) is 9.07. The highest BCUT2D eigenvalue weighted by Crippen LogP contribution is 2.23. The number of nitrogens with one attached hydrogen (secondary N) is 1. The molecule has 0 bridgehead atoms. The highest BCUT2D eigenvalue weighted by molar-refractivity contribution is 5.95. The lowest BCUT2D eigenvalue weighted by Gasteiger charge is -2.17. The van der Waals surface area contributed by atoms with Crippen molar-refractivity contribution in [3.8, 4) is 5.75 Å². The van der Waals surface area contributed by atoms with E-state index in [4.69, 9.17) is 4.74 Å². The number of benzene rings is 1. The number of carbonyl (C=O) groups is 2. The third-order valence-corrected chi connectivity index (χ3v) is 4.28. The third-order valence-electron chi connectivity index (χ3n) is 4.28. The fourth-order valence-corrected chi connectivity index (χ4v) is 2.58. The Morgan fingerprint density at radius 2 is 1.81 bits per heavy atom. The van der Waals surface area contributed by atoms with Crippen molar-refractivity contribution in [2.24, 2.45) is 0 Å². The molecular formula is C20H33ClN2O4. The number of ether oxygens (including phenoxy) is 1. The topological polar surface area (TPSA) is 78.9 Å². The van der Waals surface area contributed by atoms with E-state index in [-0.39, 0.29) is 29.6 Å². The van der Waals surface area contributed by atoms with Gasteiger partial charge in [-0.05, 0) is 31.6 Å². The smallest absolute Gasteiger partial charge is 0.341 e. The molecule has 0 fully saturated rings. The van der Waals surface area contributed by atoms with Gasteiger partial charge in [-0.2, -0.15) is 0 Å². The molecule has 2 N–H and O–H groups in total. The lowest BCUT2D eigenvalue weighted by atomic mass is 10.1. The molecule has 0 atom stereocenters. The fourth-order valence-electron chi connectivity index (χ4n) is 2.58. The monoisotopic (exact) mass is 400 g/mol. The number of aromatic hydroxyl groups is 1. The van der Waals surface area contributed by atoms with E-state index >= 15 is 0 Å². The molecule has 0 aliphatic rings. The molecule has 154 valence electrons. The number of nitrogens with zero attached hydrogens (tertiary/aromatic N) is 1. The molecule has 0 saturated carbocycles. The number of anilines is 1. The molecule has 0 aliphatic heterocycles. The first kappa shape index (κ1) is 25.2. The van der Waals surface area contributed by atoms with Crippen LogP contribution >= 0.6 is 12.4 Å². The normalized spacial score (nSPS) is 10.4. The van der Waals surface area contributed by atoms with Gasteiger partial charge in [-0.15, -0.1) is 12.4 Å². The summed E-state index contributed by atoms with van der Waals surface area (Å²) in [4.78, 5) is 26.2. The zero-order chi connectivity index (χ0) is 19.4. The summed E-state index contributed by atoms with van der Waals surface area (Å²) in [7, 11) is 0. The third kappa shape index (κ3) is 9.63. The van der Waals surface area contributed by atoms with Crippen LogP contribution in [0.5, 0.6) is 5.75 Å². The van der Waals surface area contributed by atoms with E-state index in [0.717, 1.165) is 38.8 Å². The molecular weight excluding hydrogens is 368 g/mol. The molecule has 6 nitrogen and oxygen atoms in total. The molecule has 0 radical (unpaired) electrons. The number of phenols is 1. The Kier molecular flexibility index (Phi) is 13.3. The Bertz CT molecular complexity index is 577. The lowest BCUT2D eigenvalue weighted by Crippen LogP contribution is -2.27. The minimum atomic E-state index is -0.543. The summed E-state index contributed by atoms with van der Waals surface area (Å²) in [5.74, 6) is -0.855. The molecule has 27 heavy (non-hydrogen) atoms. The van der Waals surface area contributed by atoms with Crippen molar-refractivity contribution >= 4 is 30.0 Å². The molecule has 0 aromatic heterocycles. The first-order chi connectivity index (χ1) is 12.5. The van der Waals surface area contributed by atoms with Gasteiger partial charge in [-0.25, -0.2) is 4.79 Å². The van der Waals surface area contributed by atoms with Gasteiger partial charge in [0.25, 0.3) is 0 Å². The summed E-state index contributed by atoms with van der Waals surface area (Å²) in [5, 5.41) is 12.8. The van der Waals surface area contributed by atoms with Crippen molar-refractivity contribution in [3.05, 3.63) is 23.8 Å². The molecule has 0 saturated heterocycles. The van der Waals surface area contributed by atoms with Crippen LogP contribution in [0.25, 0.3) is 0 Å². The predicted molar refractivity (Wildman–Crippen MR) is 111 cm³/mol. The summed E-state index contributed by atoms with van der Waals surface area (Å²) < 4.78 is 5.17. The standard InChI is InChI=1S/C20H32N2O4.ClH/c1-4-7-8-9-14-26-20(25)17-11-10-16(15-18(17)23)21-19(24)12-13-22(5-2)6-3;/h10-11,15,23H,4-9,12-14H2,1-3H3,(H,21,24);1H. The van der Waals surface area contributed by atoms with Crippen LogP contribution < -0.4 is 5.32 Å². The number of unbranched alkanes of at least 4 members (excludes halogenated alkanes) is 3. The van der Waals surface area contributed by atoms with Crippen molar-refractivity contribution < 1.29 is 19.4 Å². The van der Waals surface area contributed by atoms with Crippen LogP contribution in [-0.4, -0.2) is 48.1 Å². The highest BCUT2D eigenvalue weighted by Gasteiger charge is 2.14. The molecule has 0 heterocycles. The van der Waals surface area contributed by atoms with E-state index in [1.54, 1.807) is 6.07 Å². The molecule has 7 heteroatoms. The van der Waals surface area contributed by atoms with Crippen molar-refractivity contribution in [2.75, 3.05) is 31.6 Å². The van der Waals surface area contributed by atoms with Gasteiger partial charge in [0.05, 0.1) is 6.61 Å². The first-order valence-electron chi connectivity index (χ1n) is 9.54. The Morgan fingerprint density at radius 3 is 2.41 bits per heavy atom. The van der Waals surface area contributed by atoms with Crippen LogP contribution in [0.4, 0.5) is 5.69 Å². The van der Waals surface area contributed by atoms with Gasteiger partial charge in [0.15, 0.2) is 0 Å². The van der Waals surface area contributed by atoms with Crippen molar-refractivity contribution in [3.63, 3.8) is 0 Å². The largest absolute Gasteiger partial charge is 0.507 e. The number of esters is 1. The van der Waals surface area contributed by atoms with Crippen molar-refractivity contribution in [2.45, 2.75) is 52.9 Å². The molecule has 1 amide bonds. The predicted octanol–water partition coefficient (Wildman–Crippen LogP) is 4.22. The number of carbonyl (C=O) groups excluding carboxylic acids is 2. The van der Waals surface area contributed by atoms with Gasteiger partial charge in [0, 0.05) is 24.7 Å². The van der Waals surface area contributed by atoms with Crippen LogP contribution in [0, 0.1) is 0 Å². The average Bonchev–Trinajstić information content (AvgIpc) is 2.62. The number of rotatable bonds is 12. The second kappa shape index (κ2) is 14.3. The van der Waals surface area contributed by atoms with E-state index in [0.29, 0.717) is 25.3 Å². The molecule has 0 spiro atoms. The number of halogens is 1. The maximum atomic E-state index is 12.0. The average molecular weight is 401 g/mol. The van der Waals surface area contributed by atoms with Crippen molar-refractivity contribution in [1.29, 1.82) is 0 Å². The van der Waals surface area contributed by atoms with Gasteiger partial charge >= 0.3 is 5.97 Å². The highest BCUT2D eigenvalue weighted by atomic mass is 35.5.